The van der Waals surface area contributed by atoms with E-state index in [1.807, 2.05) is 29.2 Å². The van der Waals surface area contributed by atoms with E-state index < -0.39 is 0 Å². The highest BCUT2D eigenvalue weighted by atomic mass is 32.1. The number of hydrogen-bond acceptors (Lipinski definition) is 4. The highest BCUT2D eigenvalue weighted by Crippen LogP contribution is 2.15. The molecule has 0 atom stereocenters. The van der Waals surface area contributed by atoms with Crippen LogP contribution in [0.2, 0.25) is 0 Å². The lowest BCUT2D eigenvalue weighted by molar-refractivity contribution is 0.0629. The molecule has 1 fully saturated rings. The summed E-state index contributed by atoms with van der Waals surface area (Å²) in [5.74, 6) is 0.124. The molecule has 2 aromatic rings. The van der Waals surface area contributed by atoms with Crippen molar-refractivity contribution in [3.8, 4) is 0 Å². The molecule has 3 rings (SSSR count). The second-order valence-corrected chi connectivity index (χ2v) is 6.58. The average molecular weight is 315 g/mol. The van der Waals surface area contributed by atoms with Gasteiger partial charge in [0.05, 0.1) is 0 Å². The van der Waals surface area contributed by atoms with Gasteiger partial charge in [0.15, 0.2) is 0 Å². The maximum absolute atomic E-state index is 12.5. The summed E-state index contributed by atoms with van der Waals surface area (Å²) in [6, 6.07) is 11.9. The van der Waals surface area contributed by atoms with Gasteiger partial charge in [-0.2, -0.15) is 0 Å². The van der Waals surface area contributed by atoms with Gasteiger partial charge in [-0.1, -0.05) is 18.2 Å². The van der Waals surface area contributed by atoms with E-state index >= 15 is 0 Å². The second kappa shape index (κ2) is 7.05. The lowest BCUT2D eigenvalue weighted by Gasteiger charge is -2.34. The number of hydrogen-bond donors (Lipinski definition) is 1. The molecule has 0 saturated carbocycles. The van der Waals surface area contributed by atoms with Gasteiger partial charge in [-0.05, 0) is 29.1 Å². The molecule has 0 spiro atoms. The number of nitrogens with zero attached hydrogens (tertiary/aromatic N) is 2. The molecule has 4 nitrogen and oxygen atoms in total. The van der Waals surface area contributed by atoms with Gasteiger partial charge in [0, 0.05) is 49.7 Å². The molecule has 1 saturated heterocycles. The number of carbonyl (C=O) groups is 1. The Labute approximate surface area is 135 Å². The van der Waals surface area contributed by atoms with Gasteiger partial charge in [0.1, 0.15) is 0 Å². The van der Waals surface area contributed by atoms with E-state index in [0.717, 1.165) is 43.9 Å². The third kappa shape index (κ3) is 3.55. The molecule has 116 valence electrons. The number of rotatable bonds is 4. The first-order chi connectivity index (χ1) is 10.8. The SMILES string of the molecule is NCc1ccc(C(=O)N2CCN(Cc3cccs3)CC2)cc1. The lowest BCUT2D eigenvalue weighted by atomic mass is 10.1. The lowest BCUT2D eigenvalue weighted by Crippen LogP contribution is -2.48. The maximum Gasteiger partial charge on any atom is 0.253 e. The van der Waals surface area contributed by atoms with Crippen LogP contribution in [0.1, 0.15) is 20.8 Å². The summed E-state index contributed by atoms with van der Waals surface area (Å²) >= 11 is 1.79. The smallest absolute Gasteiger partial charge is 0.253 e. The van der Waals surface area contributed by atoms with Crippen LogP contribution in [0.3, 0.4) is 0 Å². The van der Waals surface area contributed by atoms with Crippen molar-refractivity contribution in [1.82, 2.24) is 9.80 Å². The fraction of sp³-hybridized carbons (Fsp3) is 0.353. The predicted molar refractivity (Wildman–Crippen MR) is 89.8 cm³/mol. The molecular formula is C17H21N3OS. The molecule has 1 aromatic heterocycles. The second-order valence-electron chi connectivity index (χ2n) is 5.55. The van der Waals surface area contributed by atoms with Gasteiger partial charge in [0.2, 0.25) is 0 Å². The largest absolute Gasteiger partial charge is 0.336 e. The van der Waals surface area contributed by atoms with Crippen molar-refractivity contribution in [3.63, 3.8) is 0 Å². The Morgan fingerprint density at radius 2 is 1.82 bits per heavy atom. The standard InChI is InChI=1S/C17H21N3OS/c18-12-14-3-5-15(6-4-14)17(21)20-9-7-19(8-10-20)13-16-2-1-11-22-16/h1-6,11H,7-10,12-13,18H2. The number of nitrogens with two attached hydrogens (primary N) is 1. The first-order valence-corrected chi connectivity index (χ1v) is 8.47. The predicted octanol–water partition coefficient (Wildman–Crippen LogP) is 2.16. The summed E-state index contributed by atoms with van der Waals surface area (Å²) in [5, 5.41) is 2.11. The molecule has 1 amide bonds. The highest BCUT2D eigenvalue weighted by molar-refractivity contribution is 7.09. The molecule has 0 bridgehead atoms. The molecule has 1 aromatic carbocycles. The Kier molecular flexibility index (Phi) is 4.87. The molecule has 0 unspecified atom stereocenters. The normalized spacial score (nSPS) is 16.0. The Hall–Kier alpha value is -1.69. The highest BCUT2D eigenvalue weighted by Gasteiger charge is 2.22. The van der Waals surface area contributed by atoms with Crippen LogP contribution in [-0.4, -0.2) is 41.9 Å². The van der Waals surface area contributed by atoms with E-state index in [4.69, 9.17) is 5.73 Å². The van der Waals surface area contributed by atoms with Crippen LogP contribution in [0.25, 0.3) is 0 Å². The van der Waals surface area contributed by atoms with E-state index in [-0.39, 0.29) is 5.91 Å². The zero-order valence-corrected chi connectivity index (χ0v) is 13.4. The van der Waals surface area contributed by atoms with Crippen molar-refractivity contribution in [1.29, 1.82) is 0 Å². The van der Waals surface area contributed by atoms with Crippen LogP contribution in [0.4, 0.5) is 0 Å². The fourth-order valence-corrected chi connectivity index (χ4v) is 3.44. The summed E-state index contributed by atoms with van der Waals surface area (Å²) in [7, 11) is 0. The summed E-state index contributed by atoms with van der Waals surface area (Å²) < 4.78 is 0. The van der Waals surface area contributed by atoms with Gasteiger partial charge in [-0.3, -0.25) is 9.69 Å². The van der Waals surface area contributed by atoms with E-state index in [9.17, 15) is 4.79 Å². The summed E-state index contributed by atoms with van der Waals surface area (Å²) in [5.41, 5.74) is 7.40. The average Bonchev–Trinajstić information content (AvgIpc) is 3.08. The summed E-state index contributed by atoms with van der Waals surface area (Å²) in [6.45, 7) is 4.96. The fourth-order valence-electron chi connectivity index (χ4n) is 2.70. The van der Waals surface area contributed by atoms with Gasteiger partial charge in [0.25, 0.3) is 5.91 Å². The van der Waals surface area contributed by atoms with E-state index in [1.165, 1.54) is 4.88 Å². The molecular weight excluding hydrogens is 294 g/mol. The van der Waals surface area contributed by atoms with Crippen molar-refractivity contribution in [2.45, 2.75) is 13.1 Å². The minimum absolute atomic E-state index is 0.124. The van der Waals surface area contributed by atoms with Gasteiger partial charge in [-0.15, -0.1) is 11.3 Å². The Morgan fingerprint density at radius 1 is 1.09 bits per heavy atom. The van der Waals surface area contributed by atoms with Crippen molar-refractivity contribution < 1.29 is 4.79 Å². The summed E-state index contributed by atoms with van der Waals surface area (Å²) in [4.78, 5) is 18.2. The van der Waals surface area contributed by atoms with E-state index in [1.54, 1.807) is 11.3 Å². The number of benzene rings is 1. The van der Waals surface area contributed by atoms with Crippen LogP contribution in [0, 0.1) is 0 Å². The minimum Gasteiger partial charge on any atom is -0.336 e. The third-order valence-electron chi connectivity index (χ3n) is 4.06. The van der Waals surface area contributed by atoms with E-state index in [2.05, 4.69) is 22.4 Å². The monoisotopic (exact) mass is 315 g/mol. The van der Waals surface area contributed by atoms with Gasteiger partial charge >= 0.3 is 0 Å². The number of amides is 1. The topological polar surface area (TPSA) is 49.6 Å². The molecule has 2 N–H and O–H groups in total. The number of piperazine rings is 1. The Morgan fingerprint density at radius 3 is 2.41 bits per heavy atom. The molecule has 1 aliphatic heterocycles. The Bertz CT molecular complexity index is 601. The first kappa shape index (κ1) is 15.2. The van der Waals surface area contributed by atoms with Crippen LogP contribution < -0.4 is 5.73 Å². The zero-order valence-electron chi connectivity index (χ0n) is 12.6. The molecule has 0 radical (unpaired) electrons. The summed E-state index contributed by atoms with van der Waals surface area (Å²) in [6.07, 6.45) is 0. The number of thiophene rings is 1. The van der Waals surface area contributed by atoms with Crippen molar-refractivity contribution >= 4 is 17.2 Å². The van der Waals surface area contributed by atoms with Crippen LogP contribution >= 0.6 is 11.3 Å². The quantitative estimate of drug-likeness (QED) is 0.941. The van der Waals surface area contributed by atoms with Crippen LogP contribution in [-0.2, 0) is 13.1 Å². The van der Waals surface area contributed by atoms with Crippen LogP contribution in [0.5, 0.6) is 0 Å². The molecule has 2 heterocycles. The molecule has 0 aliphatic carbocycles. The van der Waals surface area contributed by atoms with Gasteiger partial charge in [-0.25, -0.2) is 0 Å². The number of carbonyl (C=O) groups excluding carboxylic acids is 1. The minimum atomic E-state index is 0.124. The first-order valence-electron chi connectivity index (χ1n) is 7.59. The maximum atomic E-state index is 12.5. The molecule has 22 heavy (non-hydrogen) atoms. The Balaban J connectivity index is 1.54. The van der Waals surface area contributed by atoms with Gasteiger partial charge < -0.3 is 10.6 Å². The van der Waals surface area contributed by atoms with E-state index in [0.29, 0.717) is 6.54 Å². The van der Waals surface area contributed by atoms with Crippen LogP contribution in [0.15, 0.2) is 41.8 Å². The van der Waals surface area contributed by atoms with Crippen molar-refractivity contribution in [3.05, 3.63) is 57.8 Å². The molecule has 1 aliphatic rings. The third-order valence-corrected chi connectivity index (χ3v) is 4.92. The zero-order chi connectivity index (χ0) is 15.4. The van der Waals surface area contributed by atoms with Crippen molar-refractivity contribution in [2.24, 2.45) is 5.73 Å². The van der Waals surface area contributed by atoms with Crippen molar-refractivity contribution in [2.75, 3.05) is 26.2 Å². The molecule has 5 heteroatoms.